The van der Waals surface area contributed by atoms with Crippen molar-refractivity contribution in [2.75, 3.05) is 52.9 Å². The van der Waals surface area contributed by atoms with Crippen LogP contribution in [0.4, 0.5) is 0 Å². The molecule has 8 heteroatoms. The van der Waals surface area contributed by atoms with Crippen molar-refractivity contribution >= 4 is 11.9 Å². The number of ether oxygens (including phenoxy) is 6. The molecule has 0 saturated carbocycles. The Morgan fingerprint density at radius 2 is 0.872 bits per heavy atom. The van der Waals surface area contributed by atoms with Gasteiger partial charge in [0, 0.05) is 39.5 Å². The first kappa shape index (κ1) is 39.9. The van der Waals surface area contributed by atoms with Crippen molar-refractivity contribution < 1.29 is 38.0 Å². The van der Waals surface area contributed by atoms with Crippen LogP contribution in [0.15, 0.2) is 0 Å². The van der Waals surface area contributed by atoms with Gasteiger partial charge in [-0.3, -0.25) is 9.59 Å². The normalized spacial score (nSPS) is 12.4. The van der Waals surface area contributed by atoms with Gasteiger partial charge in [-0.15, -0.1) is 0 Å². The molecule has 0 bridgehead atoms. The van der Waals surface area contributed by atoms with Gasteiger partial charge in [0.15, 0.2) is 0 Å². The van der Waals surface area contributed by atoms with E-state index in [1.54, 1.807) is 0 Å². The topological polar surface area (TPSA) is 89.5 Å². The van der Waals surface area contributed by atoms with Gasteiger partial charge in [-0.2, -0.15) is 0 Å². The zero-order valence-electron chi connectivity index (χ0n) is 26.3. The maximum atomic E-state index is 11.1. The van der Waals surface area contributed by atoms with Crippen molar-refractivity contribution in [1.82, 2.24) is 0 Å². The third-order valence-electron chi connectivity index (χ3n) is 6.05. The third kappa shape index (κ3) is 34.8. The van der Waals surface area contributed by atoms with Crippen LogP contribution < -0.4 is 0 Å². The Balaban J connectivity index is 0. The number of rotatable bonds is 27. The Morgan fingerprint density at radius 1 is 0.487 bits per heavy atom. The molecule has 0 radical (unpaired) electrons. The second-order valence-electron chi connectivity index (χ2n) is 9.70. The van der Waals surface area contributed by atoms with E-state index in [4.69, 9.17) is 28.4 Å². The van der Waals surface area contributed by atoms with E-state index in [9.17, 15) is 9.59 Å². The van der Waals surface area contributed by atoms with E-state index in [0.29, 0.717) is 51.5 Å². The fourth-order valence-electron chi connectivity index (χ4n) is 3.27. The number of esters is 2. The van der Waals surface area contributed by atoms with Crippen molar-refractivity contribution in [3.63, 3.8) is 0 Å². The van der Waals surface area contributed by atoms with Gasteiger partial charge in [-0.25, -0.2) is 0 Å². The van der Waals surface area contributed by atoms with Crippen LogP contribution in [-0.2, 0) is 38.0 Å². The minimum absolute atomic E-state index is 0.136. The molecule has 39 heavy (non-hydrogen) atoms. The molecule has 0 aliphatic carbocycles. The van der Waals surface area contributed by atoms with Crippen LogP contribution in [0, 0.1) is 0 Å². The van der Waals surface area contributed by atoms with E-state index in [-0.39, 0.29) is 11.9 Å². The maximum absolute atomic E-state index is 11.1. The maximum Gasteiger partial charge on any atom is 0.308 e. The molecule has 2 atom stereocenters. The molecule has 0 aliphatic heterocycles. The summed E-state index contributed by atoms with van der Waals surface area (Å²) in [6.45, 7) is 17.3. The summed E-state index contributed by atoms with van der Waals surface area (Å²) in [5.41, 5.74) is 0. The zero-order chi connectivity index (χ0) is 29.4. The van der Waals surface area contributed by atoms with Gasteiger partial charge in [0.25, 0.3) is 0 Å². The first-order valence-electron chi connectivity index (χ1n) is 15.6. The summed E-state index contributed by atoms with van der Waals surface area (Å²) in [5.74, 6) is -0.305. The van der Waals surface area contributed by atoms with Crippen molar-refractivity contribution in [2.45, 2.75) is 137 Å². The zero-order valence-corrected chi connectivity index (χ0v) is 26.3. The average molecular weight is 563 g/mol. The lowest BCUT2D eigenvalue weighted by Gasteiger charge is -2.10. The molecule has 0 aromatic rings. The van der Waals surface area contributed by atoms with Crippen LogP contribution in [0.1, 0.15) is 125 Å². The van der Waals surface area contributed by atoms with Crippen LogP contribution in [0.5, 0.6) is 0 Å². The van der Waals surface area contributed by atoms with Crippen LogP contribution in [0.25, 0.3) is 0 Å². The van der Waals surface area contributed by atoms with Gasteiger partial charge >= 0.3 is 11.9 Å². The first-order chi connectivity index (χ1) is 18.9. The summed E-state index contributed by atoms with van der Waals surface area (Å²) in [4.78, 5) is 22.1. The molecule has 0 aromatic carbocycles. The van der Waals surface area contributed by atoms with E-state index < -0.39 is 0 Å². The molecule has 2 unspecified atom stereocenters. The highest BCUT2D eigenvalue weighted by molar-refractivity contribution is 5.69. The van der Waals surface area contributed by atoms with Crippen LogP contribution in [0.3, 0.4) is 0 Å². The van der Waals surface area contributed by atoms with E-state index in [0.717, 1.165) is 65.0 Å². The lowest BCUT2D eigenvalue weighted by Crippen LogP contribution is -2.08. The Bertz CT molecular complexity index is 515. The molecule has 234 valence electrons. The minimum atomic E-state index is -0.169. The van der Waals surface area contributed by atoms with E-state index >= 15 is 0 Å². The van der Waals surface area contributed by atoms with E-state index in [2.05, 4.69) is 27.7 Å². The van der Waals surface area contributed by atoms with Crippen LogP contribution >= 0.6 is 0 Å². The smallest absolute Gasteiger partial charge is 0.308 e. The molecule has 0 aromatic heterocycles. The number of hydrogen-bond donors (Lipinski definition) is 0. The minimum Gasteiger partial charge on any atom is -0.466 e. The van der Waals surface area contributed by atoms with Crippen molar-refractivity contribution in [2.24, 2.45) is 0 Å². The summed E-state index contributed by atoms with van der Waals surface area (Å²) < 4.78 is 31.7. The summed E-state index contributed by atoms with van der Waals surface area (Å²) in [7, 11) is 0. The fraction of sp³-hybridized carbons (Fsp3) is 0.935. The van der Waals surface area contributed by atoms with E-state index in [1.807, 2.05) is 13.8 Å². The molecule has 0 aliphatic rings. The lowest BCUT2D eigenvalue weighted by atomic mass is 10.1. The van der Waals surface area contributed by atoms with Crippen molar-refractivity contribution in [1.29, 1.82) is 0 Å². The van der Waals surface area contributed by atoms with Gasteiger partial charge in [0.2, 0.25) is 0 Å². The van der Waals surface area contributed by atoms with Gasteiger partial charge in [0.05, 0.1) is 38.4 Å². The first-order valence-corrected chi connectivity index (χ1v) is 15.6. The van der Waals surface area contributed by atoms with Crippen molar-refractivity contribution in [3.05, 3.63) is 0 Å². The quantitative estimate of drug-likeness (QED) is 0.0777. The van der Waals surface area contributed by atoms with Gasteiger partial charge < -0.3 is 28.4 Å². The van der Waals surface area contributed by atoms with E-state index in [1.165, 1.54) is 32.1 Å². The molecule has 0 spiro atoms. The number of hydrogen-bond acceptors (Lipinski definition) is 8. The predicted molar refractivity (Wildman–Crippen MR) is 157 cm³/mol. The highest BCUT2D eigenvalue weighted by Gasteiger charge is 2.02. The molecule has 0 fully saturated rings. The Kier molecular flexibility index (Phi) is 33.8. The van der Waals surface area contributed by atoms with Gasteiger partial charge in [0.1, 0.15) is 0 Å². The Hall–Kier alpha value is -1.22. The third-order valence-corrected chi connectivity index (χ3v) is 6.05. The molecule has 0 N–H and O–H groups in total. The summed E-state index contributed by atoms with van der Waals surface area (Å²) in [6, 6.07) is 0. The van der Waals surface area contributed by atoms with Crippen LogP contribution in [-0.4, -0.2) is 77.0 Å². The Labute approximate surface area is 240 Å². The Morgan fingerprint density at radius 3 is 1.38 bits per heavy atom. The molecule has 0 amide bonds. The van der Waals surface area contributed by atoms with Crippen LogP contribution in [0.2, 0.25) is 0 Å². The second kappa shape index (κ2) is 33.0. The monoisotopic (exact) mass is 562 g/mol. The SMILES string of the molecule is CCOC(=O)CCCOCCCCOC(C)CC.CCOC(=O)CCOCCCCCCCCOC(C)CC. The highest BCUT2D eigenvalue weighted by Crippen LogP contribution is 2.07. The second-order valence-corrected chi connectivity index (χ2v) is 9.70. The molecule has 0 saturated heterocycles. The van der Waals surface area contributed by atoms with Gasteiger partial charge in [-0.1, -0.05) is 39.5 Å². The summed E-state index contributed by atoms with van der Waals surface area (Å²) >= 11 is 0. The number of carbonyl (C=O) groups is 2. The lowest BCUT2D eigenvalue weighted by molar-refractivity contribution is -0.144. The summed E-state index contributed by atoms with van der Waals surface area (Å²) in [6.07, 6.45) is 13.7. The number of unbranched alkanes of at least 4 members (excludes halogenated alkanes) is 6. The fourth-order valence-corrected chi connectivity index (χ4v) is 3.27. The average Bonchev–Trinajstić information content (AvgIpc) is 2.93. The summed E-state index contributed by atoms with van der Waals surface area (Å²) in [5, 5.41) is 0. The number of carbonyl (C=O) groups excluding carboxylic acids is 2. The predicted octanol–water partition coefficient (Wildman–Crippen LogP) is 7.05. The standard InChI is InChI=1S/C17H34O4.C14H28O4/c1-4-16(3)21-14-11-9-7-6-8-10-13-19-15-12-17(18)20-5-2;1-4-13(3)18-12-7-6-10-16-11-8-9-14(15)17-5-2/h16H,4-15H2,1-3H3;13H,4-12H2,1-3H3. The van der Waals surface area contributed by atoms with Crippen molar-refractivity contribution in [3.8, 4) is 0 Å². The highest BCUT2D eigenvalue weighted by atomic mass is 16.5. The molecule has 8 nitrogen and oxygen atoms in total. The molecule has 0 heterocycles. The van der Waals surface area contributed by atoms with Gasteiger partial charge in [-0.05, 0) is 72.6 Å². The largest absolute Gasteiger partial charge is 0.466 e. The molecular formula is C31H62O8. The molecule has 0 rings (SSSR count). The molecular weight excluding hydrogens is 500 g/mol.